The van der Waals surface area contributed by atoms with Gasteiger partial charge >= 0.3 is 5.97 Å². The molecule has 0 aliphatic carbocycles. The topological polar surface area (TPSA) is 58.6 Å². The summed E-state index contributed by atoms with van der Waals surface area (Å²) >= 11 is 1.50. The van der Waals surface area contributed by atoms with Crippen LogP contribution < -0.4 is 5.32 Å². The van der Waals surface area contributed by atoms with Crippen LogP contribution in [0.4, 0.5) is 5.00 Å². The molecule has 0 bridgehead atoms. The fraction of sp³-hybridized carbons (Fsp3) is 0.400. The molecule has 2 heterocycles. The van der Waals surface area contributed by atoms with Crippen LogP contribution in [0, 0.1) is 0 Å². The van der Waals surface area contributed by atoms with E-state index >= 15 is 0 Å². The first-order chi connectivity index (χ1) is 12.6. The number of rotatable bonds is 6. The van der Waals surface area contributed by atoms with Gasteiger partial charge in [0.05, 0.1) is 12.7 Å². The highest BCUT2D eigenvalue weighted by Gasteiger charge is 2.28. The van der Waals surface area contributed by atoms with Gasteiger partial charge in [-0.25, -0.2) is 4.79 Å². The molecule has 5 nitrogen and oxygen atoms in total. The summed E-state index contributed by atoms with van der Waals surface area (Å²) in [5, 5.41) is 3.57. The lowest BCUT2D eigenvalue weighted by Crippen LogP contribution is -2.29. The average molecular weight is 372 g/mol. The van der Waals surface area contributed by atoms with E-state index in [0.29, 0.717) is 23.4 Å². The van der Waals surface area contributed by atoms with E-state index in [0.717, 1.165) is 42.1 Å². The van der Waals surface area contributed by atoms with Crippen LogP contribution >= 0.6 is 11.3 Å². The van der Waals surface area contributed by atoms with Gasteiger partial charge in [0.25, 0.3) is 0 Å². The normalized spacial score (nSPS) is 13.9. The SMILES string of the molecule is CCN1CCc2c(sc(NC(=O)CCc3ccccc3)c2C(=O)OC)C1. The van der Waals surface area contributed by atoms with Gasteiger partial charge in [0.1, 0.15) is 5.00 Å². The minimum atomic E-state index is -0.370. The van der Waals surface area contributed by atoms with E-state index in [9.17, 15) is 9.59 Å². The summed E-state index contributed by atoms with van der Waals surface area (Å²) in [6.07, 6.45) is 1.87. The molecule has 0 radical (unpaired) electrons. The predicted octanol–water partition coefficient (Wildman–Crippen LogP) is 3.48. The monoisotopic (exact) mass is 372 g/mol. The third-order valence-corrected chi connectivity index (χ3v) is 5.84. The van der Waals surface area contributed by atoms with Gasteiger partial charge < -0.3 is 10.1 Å². The second-order valence-corrected chi connectivity index (χ2v) is 7.46. The summed E-state index contributed by atoms with van der Waals surface area (Å²) in [5.41, 5.74) is 2.70. The zero-order chi connectivity index (χ0) is 18.5. The van der Waals surface area contributed by atoms with E-state index in [2.05, 4.69) is 17.1 Å². The van der Waals surface area contributed by atoms with Crippen LogP contribution in [-0.2, 0) is 28.9 Å². The van der Waals surface area contributed by atoms with Gasteiger partial charge in [0.15, 0.2) is 0 Å². The Balaban J connectivity index is 1.75. The summed E-state index contributed by atoms with van der Waals surface area (Å²) in [6, 6.07) is 9.92. The maximum Gasteiger partial charge on any atom is 0.341 e. The second kappa shape index (κ2) is 8.47. The van der Waals surface area contributed by atoms with Crippen LogP contribution in [0.2, 0.25) is 0 Å². The van der Waals surface area contributed by atoms with Crippen LogP contribution in [0.15, 0.2) is 30.3 Å². The van der Waals surface area contributed by atoms with Crippen molar-refractivity contribution in [1.82, 2.24) is 4.90 Å². The molecule has 138 valence electrons. The molecule has 0 saturated heterocycles. The summed E-state index contributed by atoms with van der Waals surface area (Å²) in [7, 11) is 1.38. The van der Waals surface area contributed by atoms with Crippen molar-refractivity contribution in [3.8, 4) is 0 Å². The Morgan fingerprint density at radius 3 is 2.73 bits per heavy atom. The molecule has 6 heteroatoms. The van der Waals surface area contributed by atoms with Crippen LogP contribution in [0.5, 0.6) is 0 Å². The van der Waals surface area contributed by atoms with Crippen molar-refractivity contribution in [3.05, 3.63) is 51.9 Å². The largest absolute Gasteiger partial charge is 0.465 e. The zero-order valence-corrected chi connectivity index (χ0v) is 16.0. The number of carbonyl (C=O) groups excluding carboxylic acids is 2. The van der Waals surface area contributed by atoms with Crippen molar-refractivity contribution < 1.29 is 14.3 Å². The first-order valence-corrected chi connectivity index (χ1v) is 9.73. The third-order valence-electron chi connectivity index (χ3n) is 4.71. The maximum atomic E-state index is 12.4. The Labute approximate surface area is 158 Å². The molecule has 1 N–H and O–H groups in total. The number of anilines is 1. The van der Waals surface area contributed by atoms with E-state index < -0.39 is 0 Å². The number of fused-ring (bicyclic) bond motifs is 1. The second-order valence-electron chi connectivity index (χ2n) is 6.35. The smallest absolute Gasteiger partial charge is 0.341 e. The minimum Gasteiger partial charge on any atom is -0.465 e. The maximum absolute atomic E-state index is 12.4. The van der Waals surface area contributed by atoms with Gasteiger partial charge in [0.2, 0.25) is 5.91 Å². The number of hydrogen-bond acceptors (Lipinski definition) is 5. The number of thiophene rings is 1. The molecule has 0 saturated carbocycles. The van der Waals surface area contributed by atoms with Crippen molar-refractivity contribution in [2.45, 2.75) is 32.7 Å². The summed E-state index contributed by atoms with van der Waals surface area (Å²) in [6.45, 7) is 4.85. The molecule has 1 amide bonds. The van der Waals surface area contributed by atoms with Gasteiger partial charge in [0, 0.05) is 24.4 Å². The highest BCUT2D eigenvalue weighted by Crippen LogP contribution is 2.37. The Hall–Kier alpha value is -2.18. The number of nitrogens with zero attached hydrogens (tertiary/aromatic N) is 1. The predicted molar refractivity (Wildman–Crippen MR) is 104 cm³/mol. The lowest BCUT2D eigenvalue weighted by Gasteiger charge is -2.25. The van der Waals surface area contributed by atoms with Gasteiger partial charge in [-0.2, -0.15) is 0 Å². The number of carbonyl (C=O) groups is 2. The lowest BCUT2D eigenvalue weighted by atomic mass is 10.0. The van der Waals surface area contributed by atoms with Crippen molar-refractivity contribution in [1.29, 1.82) is 0 Å². The minimum absolute atomic E-state index is 0.0787. The first kappa shape index (κ1) is 18.6. The zero-order valence-electron chi connectivity index (χ0n) is 15.2. The average Bonchev–Trinajstić information content (AvgIpc) is 3.03. The standard InChI is InChI=1S/C20H24N2O3S/c1-3-22-12-11-15-16(13-22)26-19(18(15)20(24)25-2)21-17(23)10-9-14-7-5-4-6-8-14/h4-8H,3,9-13H2,1-2H3,(H,21,23). The van der Waals surface area contributed by atoms with Gasteiger partial charge in [-0.1, -0.05) is 37.3 Å². The molecular weight excluding hydrogens is 348 g/mol. The number of esters is 1. The van der Waals surface area contributed by atoms with E-state index in [4.69, 9.17) is 4.74 Å². The molecule has 1 aromatic carbocycles. The van der Waals surface area contributed by atoms with Crippen molar-refractivity contribution in [2.75, 3.05) is 25.5 Å². The van der Waals surface area contributed by atoms with Crippen LogP contribution in [0.1, 0.15) is 39.7 Å². The molecule has 2 aromatic rings. The fourth-order valence-corrected chi connectivity index (χ4v) is 4.52. The van der Waals surface area contributed by atoms with Gasteiger partial charge in [-0.05, 0) is 30.5 Å². The number of likely N-dealkylation sites (N-methyl/N-ethyl adjacent to an activating group) is 1. The number of amides is 1. The summed E-state index contributed by atoms with van der Waals surface area (Å²) in [4.78, 5) is 28.2. The van der Waals surface area contributed by atoms with E-state index in [1.165, 1.54) is 18.4 Å². The highest BCUT2D eigenvalue weighted by atomic mass is 32.1. The Bertz CT molecular complexity index is 786. The van der Waals surface area contributed by atoms with Crippen LogP contribution in [-0.4, -0.2) is 37.0 Å². The number of benzene rings is 1. The lowest BCUT2D eigenvalue weighted by molar-refractivity contribution is -0.116. The fourth-order valence-electron chi connectivity index (χ4n) is 3.22. The van der Waals surface area contributed by atoms with E-state index in [1.807, 2.05) is 30.3 Å². The molecule has 1 aromatic heterocycles. The number of ether oxygens (including phenoxy) is 1. The molecule has 26 heavy (non-hydrogen) atoms. The van der Waals surface area contributed by atoms with Gasteiger partial charge in [-0.3, -0.25) is 9.69 Å². The molecular formula is C20H24N2O3S. The van der Waals surface area contributed by atoms with E-state index in [1.54, 1.807) is 0 Å². The molecule has 0 fully saturated rings. The van der Waals surface area contributed by atoms with E-state index in [-0.39, 0.29) is 11.9 Å². The number of hydrogen-bond donors (Lipinski definition) is 1. The van der Waals surface area contributed by atoms with Crippen molar-refractivity contribution in [3.63, 3.8) is 0 Å². The van der Waals surface area contributed by atoms with Crippen LogP contribution in [0.25, 0.3) is 0 Å². The Morgan fingerprint density at radius 1 is 1.27 bits per heavy atom. The molecule has 0 spiro atoms. The molecule has 0 atom stereocenters. The molecule has 0 unspecified atom stereocenters. The summed E-state index contributed by atoms with van der Waals surface area (Å²) in [5.74, 6) is -0.448. The van der Waals surface area contributed by atoms with Gasteiger partial charge in [-0.15, -0.1) is 11.3 Å². The summed E-state index contributed by atoms with van der Waals surface area (Å²) < 4.78 is 4.97. The third kappa shape index (κ3) is 4.14. The number of aryl methyl sites for hydroxylation is 1. The molecule has 1 aliphatic rings. The van der Waals surface area contributed by atoms with Crippen LogP contribution in [0.3, 0.4) is 0 Å². The number of methoxy groups -OCH3 is 1. The quantitative estimate of drug-likeness (QED) is 0.789. The first-order valence-electron chi connectivity index (χ1n) is 8.91. The molecule has 1 aliphatic heterocycles. The van der Waals surface area contributed by atoms with Crippen molar-refractivity contribution in [2.24, 2.45) is 0 Å². The highest BCUT2D eigenvalue weighted by molar-refractivity contribution is 7.17. The Morgan fingerprint density at radius 2 is 2.04 bits per heavy atom. The Kier molecular flexibility index (Phi) is 6.06. The molecule has 3 rings (SSSR count). The van der Waals surface area contributed by atoms with Crippen molar-refractivity contribution >= 4 is 28.2 Å². The number of nitrogens with one attached hydrogen (secondary N) is 1.